The Bertz CT molecular complexity index is 1230. The molecule has 0 aliphatic heterocycles. The smallest absolute Gasteiger partial charge is 0.417 e. The van der Waals surface area contributed by atoms with Crippen LogP contribution in [0, 0.1) is 11.3 Å². The molecule has 10 heteroatoms. The molecule has 3 aromatic carbocycles. The number of nitriles is 1. The number of ether oxygens (including phenoxy) is 2. The van der Waals surface area contributed by atoms with E-state index in [4.69, 9.17) is 14.7 Å². The molecule has 0 fully saturated rings. The summed E-state index contributed by atoms with van der Waals surface area (Å²) in [5.74, 6) is 1.16. The molecular weight excluding hydrogens is 469 g/mol. The molecular formula is C24H21F3N2O4S. The topological polar surface area (TPSA) is 79.6 Å². The molecule has 0 saturated carbocycles. The molecule has 0 aliphatic carbocycles. The van der Waals surface area contributed by atoms with Crippen molar-refractivity contribution in [3.05, 3.63) is 89.0 Å². The van der Waals surface area contributed by atoms with Crippen molar-refractivity contribution >= 4 is 10.0 Å². The summed E-state index contributed by atoms with van der Waals surface area (Å²) in [7, 11) is -1.38. The lowest BCUT2D eigenvalue weighted by molar-refractivity contribution is -0.137. The monoisotopic (exact) mass is 490 g/mol. The fraction of sp³-hybridized carbons (Fsp3) is 0.208. The Kier molecular flexibility index (Phi) is 7.49. The highest BCUT2D eigenvalue weighted by Gasteiger charge is 2.36. The van der Waals surface area contributed by atoms with Gasteiger partial charge in [0.05, 0.1) is 36.3 Å². The number of hydrogen-bond acceptors (Lipinski definition) is 5. The normalized spacial score (nSPS) is 11.8. The van der Waals surface area contributed by atoms with Crippen LogP contribution in [0.2, 0.25) is 0 Å². The van der Waals surface area contributed by atoms with Crippen molar-refractivity contribution in [3.63, 3.8) is 0 Å². The average Bonchev–Trinajstić information content (AvgIpc) is 2.83. The standard InChI is InChI=1S/C24H21F3N2O4S/c1-32-20-8-3-17(4-9-20)15-29(16-18-5-10-21(33-2)11-6-18)34(30,31)22-12-7-19(14-28)23(13-22)24(25,26)27/h3-13H,15-16H2,1-2H3. The number of rotatable bonds is 8. The molecule has 0 atom stereocenters. The third-order valence-corrected chi connectivity index (χ3v) is 6.88. The van der Waals surface area contributed by atoms with E-state index in [9.17, 15) is 21.6 Å². The highest BCUT2D eigenvalue weighted by atomic mass is 32.2. The fourth-order valence-electron chi connectivity index (χ4n) is 3.26. The molecule has 0 unspecified atom stereocenters. The second-order valence-electron chi connectivity index (χ2n) is 7.29. The number of benzene rings is 3. The van der Waals surface area contributed by atoms with Gasteiger partial charge in [0.2, 0.25) is 10.0 Å². The van der Waals surface area contributed by atoms with Gasteiger partial charge in [0.15, 0.2) is 0 Å². The van der Waals surface area contributed by atoms with Gasteiger partial charge in [-0.15, -0.1) is 0 Å². The number of nitrogens with zero attached hydrogens (tertiary/aromatic N) is 2. The van der Waals surface area contributed by atoms with Crippen LogP contribution in [-0.4, -0.2) is 26.9 Å². The number of alkyl halides is 3. The van der Waals surface area contributed by atoms with Gasteiger partial charge in [-0.05, 0) is 53.6 Å². The maximum Gasteiger partial charge on any atom is 0.417 e. The van der Waals surface area contributed by atoms with Crippen LogP contribution in [0.3, 0.4) is 0 Å². The van der Waals surface area contributed by atoms with Crippen molar-refractivity contribution in [2.24, 2.45) is 0 Å². The molecule has 3 rings (SSSR count). The first-order valence-electron chi connectivity index (χ1n) is 9.96. The van der Waals surface area contributed by atoms with Gasteiger partial charge < -0.3 is 9.47 Å². The van der Waals surface area contributed by atoms with E-state index in [1.807, 2.05) is 0 Å². The van der Waals surface area contributed by atoms with E-state index >= 15 is 0 Å². The van der Waals surface area contributed by atoms with Crippen LogP contribution in [0.4, 0.5) is 13.2 Å². The fourth-order valence-corrected chi connectivity index (χ4v) is 4.70. The highest BCUT2D eigenvalue weighted by Crippen LogP contribution is 2.34. The second-order valence-corrected chi connectivity index (χ2v) is 9.22. The molecule has 0 bridgehead atoms. The average molecular weight is 491 g/mol. The van der Waals surface area contributed by atoms with Crippen LogP contribution in [0.15, 0.2) is 71.6 Å². The number of methoxy groups -OCH3 is 2. The van der Waals surface area contributed by atoms with Gasteiger partial charge in [-0.3, -0.25) is 0 Å². The number of hydrogen-bond donors (Lipinski definition) is 0. The third kappa shape index (κ3) is 5.68. The molecule has 0 N–H and O–H groups in total. The molecule has 6 nitrogen and oxygen atoms in total. The summed E-state index contributed by atoms with van der Waals surface area (Å²) in [6, 6.07) is 17.2. The zero-order valence-electron chi connectivity index (χ0n) is 18.3. The highest BCUT2D eigenvalue weighted by molar-refractivity contribution is 7.89. The van der Waals surface area contributed by atoms with E-state index in [1.54, 1.807) is 48.5 Å². The van der Waals surface area contributed by atoms with E-state index in [0.29, 0.717) is 28.7 Å². The molecule has 0 saturated heterocycles. The Hall–Kier alpha value is -3.55. The van der Waals surface area contributed by atoms with Crippen molar-refractivity contribution < 1.29 is 31.1 Å². The summed E-state index contributed by atoms with van der Waals surface area (Å²) in [6.07, 6.45) is -4.88. The predicted molar refractivity (Wildman–Crippen MR) is 119 cm³/mol. The van der Waals surface area contributed by atoms with Crippen LogP contribution in [-0.2, 0) is 29.3 Å². The lowest BCUT2D eigenvalue weighted by Crippen LogP contribution is -2.30. The van der Waals surface area contributed by atoms with E-state index in [0.717, 1.165) is 16.4 Å². The summed E-state index contributed by atoms with van der Waals surface area (Å²) in [6.45, 7) is -0.195. The summed E-state index contributed by atoms with van der Waals surface area (Å²) in [4.78, 5) is -0.555. The first kappa shape index (κ1) is 25.1. The van der Waals surface area contributed by atoms with E-state index in [-0.39, 0.29) is 13.1 Å². The summed E-state index contributed by atoms with van der Waals surface area (Å²) in [5.41, 5.74) is -0.724. The van der Waals surface area contributed by atoms with Gasteiger partial charge in [0.1, 0.15) is 11.5 Å². The summed E-state index contributed by atoms with van der Waals surface area (Å²) >= 11 is 0. The largest absolute Gasteiger partial charge is 0.497 e. The summed E-state index contributed by atoms with van der Waals surface area (Å²) < 4.78 is 78.7. The zero-order chi connectivity index (χ0) is 24.9. The van der Waals surface area contributed by atoms with Gasteiger partial charge in [-0.2, -0.15) is 22.7 Å². The van der Waals surface area contributed by atoms with E-state index in [2.05, 4.69) is 0 Å². The van der Waals surface area contributed by atoms with E-state index in [1.165, 1.54) is 20.3 Å². The molecule has 0 radical (unpaired) electrons. The summed E-state index contributed by atoms with van der Waals surface area (Å²) in [5, 5.41) is 9.03. The van der Waals surface area contributed by atoms with Gasteiger partial charge >= 0.3 is 6.18 Å². The van der Waals surface area contributed by atoms with Crippen LogP contribution in [0.5, 0.6) is 11.5 Å². The lowest BCUT2D eigenvalue weighted by atomic mass is 10.1. The minimum Gasteiger partial charge on any atom is -0.497 e. The molecule has 0 amide bonds. The number of sulfonamides is 1. The molecule has 0 aromatic heterocycles. The Morgan fingerprint density at radius 1 is 0.853 bits per heavy atom. The molecule has 0 aliphatic rings. The Balaban J connectivity index is 2.04. The minimum atomic E-state index is -4.88. The molecule has 178 valence electrons. The Labute approximate surface area is 195 Å². The third-order valence-electron chi connectivity index (χ3n) is 5.09. The molecule has 0 spiro atoms. The van der Waals surface area contributed by atoms with Crippen molar-refractivity contribution in [2.45, 2.75) is 24.2 Å². The van der Waals surface area contributed by atoms with Crippen molar-refractivity contribution in [1.82, 2.24) is 4.31 Å². The molecule has 3 aromatic rings. The van der Waals surface area contributed by atoms with Gasteiger partial charge in [-0.1, -0.05) is 24.3 Å². The maximum absolute atomic E-state index is 13.5. The Morgan fingerprint density at radius 2 is 1.32 bits per heavy atom. The van der Waals surface area contributed by atoms with Crippen molar-refractivity contribution in [2.75, 3.05) is 14.2 Å². The second kappa shape index (κ2) is 10.2. The van der Waals surface area contributed by atoms with Gasteiger partial charge in [-0.25, -0.2) is 8.42 Å². The van der Waals surface area contributed by atoms with Crippen LogP contribution in [0.1, 0.15) is 22.3 Å². The van der Waals surface area contributed by atoms with Crippen molar-refractivity contribution in [1.29, 1.82) is 5.26 Å². The van der Waals surface area contributed by atoms with Crippen molar-refractivity contribution in [3.8, 4) is 17.6 Å². The van der Waals surface area contributed by atoms with Gasteiger partial charge in [0.25, 0.3) is 0 Å². The zero-order valence-corrected chi connectivity index (χ0v) is 19.2. The molecule has 0 heterocycles. The maximum atomic E-state index is 13.5. The van der Waals surface area contributed by atoms with E-state index < -0.39 is 32.2 Å². The first-order chi connectivity index (χ1) is 16.1. The lowest BCUT2D eigenvalue weighted by Gasteiger charge is -2.23. The first-order valence-corrected chi connectivity index (χ1v) is 11.4. The van der Waals surface area contributed by atoms with Crippen LogP contribution in [0.25, 0.3) is 0 Å². The van der Waals surface area contributed by atoms with Crippen LogP contribution < -0.4 is 9.47 Å². The van der Waals surface area contributed by atoms with Crippen LogP contribution >= 0.6 is 0 Å². The molecule has 34 heavy (non-hydrogen) atoms. The minimum absolute atomic E-state index is 0.0975. The Morgan fingerprint density at radius 3 is 1.71 bits per heavy atom. The number of halogens is 3. The SMILES string of the molecule is COc1ccc(CN(Cc2ccc(OC)cc2)S(=O)(=O)c2ccc(C#N)c(C(F)(F)F)c2)cc1. The van der Waals surface area contributed by atoms with Gasteiger partial charge in [0, 0.05) is 13.1 Å². The predicted octanol–water partition coefficient (Wildman–Crippen LogP) is 4.99. The quantitative estimate of drug-likeness (QED) is 0.445.